The zero-order valence-electron chi connectivity index (χ0n) is 14.2. The molecule has 9 heteroatoms. The van der Waals surface area contributed by atoms with E-state index in [0.29, 0.717) is 5.56 Å². The van der Waals surface area contributed by atoms with E-state index in [9.17, 15) is 23.7 Å². The number of rotatable bonds is 6. The van der Waals surface area contributed by atoms with Gasteiger partial charge in [0.15, 0.2) is 23.1 Å². The van der Waals surface area contributed by atoms with Gasteiger partial charge in [0.05, 0.1) is 31.3 Å². The molecule has 138 valence electrons. The van der Waals surface area contributed by atoms with Crippen LogP contribution >= 0.6 is 0 Å². The Morgan fingerprint density at radius 3 is 2.27 bits per heavy atom. The van der Waals surface area contributed by atoms with Gasteiger partial charge in [0.25, 0.3) is 11.6 Å². The standard InChI is InChI=1S/C17H16F2N2O5/c1-9(10-4-5-12(18)13(19)6-10)20-17(22)11-7-15(25-2)16(26-3)8-14(11)21(23)24/h4-9H,1-3H3,(H,20,22). The number of carbonyl (C=O) groups is 1. The largest absolute Gasteiger partial charge is 0.493 e. The number of nitro groups is 1. The lowest BCUT2D eigenvalue weighted by Gasteiger charge is -2.16. The molecule has 26 heavy (non-hydrogen) atoms. The Bertz CT molecular complexity index is 857. The van der Waals surface area contributed by atoms with E-state index >= 15 is 0 Å². The van der Waals surface area contributed by atoms with Crippen LogP contribution in [0.1, 0.15) is 28.9 Å². The highest BCUT2D eigenvalue weighted by molar-refractivity contribution is 5.99. The van der Waals surface area contributed by atoms with Gasteiger partial charge in [0.1, 0.15) is 5.56 Å². The lowest BCUT2D eigenvalue weighted by atomic mass is 10.1. The van der Waals surface area contributed by atoms with E-state index in [1.807, 2.05) is 0 Å². The van der Waals surface area contributed by atoms with Crippen LogP contribution in [-0.2, 0) is 0 Å². The van der Waals surface area contributed by atoms with Crippen LogP contribution in [0.15, 0.2) is 30.3 Å². The minimum atomic E-state index is -1.05. The maximum atomic E-state index is 13.3. The molecular weight excluding hydrogens is 350 g/mol. The van der Waals surface area contributed by atoms with Gasteiger partial charge in [-0.25, -0.2) is 8.78 Å². The number of carbonyl (C=O) groups excluding carboxylic acids is 1. The molecule has 0 saturated heterocycles. The first-order valence-electron chi connectivity index (χ1n) is 7.44. The Kier molecular flexibility index (Phi) is 5.71. The van der Waals surface area contributed by atoms with Crippen LogP contribution in [0.3, 0.4) is 0 Å². The van der Waals surface area contributed by atoms with Crippen LogP contribution in [-0.4, -0.2) is 25.1 Å². The van der Waals surface area contributed by atoms with Crippen molar-refractivity contribution in [1.29, 1.82) is 0 Å². The van der Waals surface area contributed by atoms with Crippen LogP contribution in [0.2, 0.25) is 0 Å². The first-order valence-corrected chi connectivity index (χ1v) is 7.44. The Morgan fingerprint density at radius 2 is 1.73 bits per heavy atom. The van der Waals surface area contributed by atoms with E-state index in [-0.39, 0.29) is 17.1 Å². The van der Waals surface area contributed by atoms with Crippen molar-refractivity contribution in [3.63, 3.8) is 0 Å². The van der Waals surface area contributed by atoms with Gasteiger partial charge in [-0.1, -0.05) is 6.07 Å². The number of nitrogens with one attached hydrogen (secondary N) is 1. The molecule has 0 heterocycles. The molecule has 0 fully saturated rings. The normalized spacial score (nSPS) is 11.6. The number of nitro benzene ring substituents is 1. The molecule has 0 radical (unpaired) electrons. The lowest BCUT2D eigenvalue weighted by molar-refractivity contribution is -0.385. The molecule has 1 amide bonds. The van der Waals surface area contributed by atoms with Crippen molar-refractivity contribution < 1.29 is 28.0 Å². The molecule has 0 saturated carbocycles. The monoisotopic (exact) mass is 366 g/mol. The van der Waals surface area contributed by atoms with Crippen LogP contribution in [0.25, 0.3) is 0 Å². The van der Waals surface area contributed by atoms with Gasteiger partial charge in [0.2, 0.25) is 0 Å². The van der Waals surface area contributed by atoms with E-state index in [4.69, 9.17) is 9.47 Å². The minimum Gasteiger partial charge on any atom is -0.493 e. The number of methoxy groups -OCH3 is 2. The molecule has 0 aliphatic heterocycles. The van der Waals surface area contributed by atoms with Gasteiger partial charge in [-0.3, -0.25) is 14.9 Å². The van der Waals surface area contributed by atoms with Crippen molar-refractivity contribution in [2.45, 2.75) is 13.0 Å². The van der Waals surface area contributed by atoms with E-state index in [0.717, 1.165) is 18.2 Å². The van der Waals surface area contributed by atoms with Crippen LogP contribution < -0.4 is 14.8 Å². The van der Waals surface area contributed by atoms with Crippen LogP contribution in [0.4, 0.5) is 14.5 Å². The van der Waals surface area contributed by atoms with Crippen molar-refractivity contribution in [2.75, 3.05) is 14.2 Å². The summed E-state index contributed by atoms with van der Waals surface area (Å²) in [5, 5.41) is 13.8. The fraction of sp³-hybridized carbons (Fsp3) is 0.235. The number of benzene rings is 2. The highest BCUT2D eigenvalue weighted by Crippen LogP contribution is 2.34. The summed E-state index contributed by atoms with van der Waals surface area (Å²) in [5.74, 6) is -2.59. The molecule has 1 atom stereocenters. The van der Waals surface area contributed by atoms with Gasteiger partial charge in [0, 0.05) is 6.07 Å². The number of hydrogen-bond donors (Lipinski definition) is 1. The summed E-state index contributed by atoms with van der Waals surface area (Å²) in [6.07, 6.45) is 0. The van der Waals surface area contributed by atoms with E-state index < -0.39 is 34.2 Å². The van der Waals surface area contributed by atoms with E-state index in [1.165, 1.54) is 33.3 Å². The Balaban J connectivity index is 2.35. The third-order valence-corrected chi connectivity index (χ3v) is 3.73. The fourth-order valence-corrected chi connectivity index (χ4v) is 2.34. The minimum absolute atomic E-state index is 0.101. The molecule has 0 bridgehead atoms. The summed E-state index contributed by atoms with van der Waals surface area (Å²) in [5.41, 5.74) is -0.417. The first kappa shape index (κ1) is 19.1. The summed E-state index contributed by atoms with van der Waals surface area (Å²) in [7, 11) is 2.64. The molecule has 0 spiro atoms. The van der Waals surface area contributed by atoms with Gasteiger partial charge >= 0.3 is 0 Å². The van der Waals surface area contributed by atoms with Gasteiger partial charge < -0.3 is 14.8 Å². The smallest absolute Gasteiger partial charge is 0.286 e. The van der Waals surface area contributed by atoms with Gasteiger partial charge in [-0.2, -0.15) is 0 Å². The molecule has 0 aromatic heterocycles. The second-order valence-electron chi connectivity index (χ2n) is 5.35. The van der Waals surface area contributed by atoms with Crippen LogP contribution in [0, 0.1) is 21.7 Å². The average molecular weight is 366 g/mol. The highest BCUT2D eigenvalue weighted by atomic mass is 19.2. The molecular formula is C17H16F2N2O5. The Hall–Kier alpha value is -3.23. The number of halogens is 2. The molecule has 7 nitrogen and oxygen atoms in total. The predicted octanol–water partition coefficient (Wildman–Crippen LogP) is 3.38. The summed E-state index contributed by atoms with van der Waals surface area (Å²) >= 11 is 0. The zero-order chi connectivity index (χ0) is 19.4. The third kappa shape index (κ3) is 3.88. The fourth-order valence-electron chi connectivity index (χ4n) is 2.34. The molecule has 1 unspecified atom stereocenters. The zero-order valence-corrected chi connectivity index (χ0v) is 14.2. The summed E-state index contributed by atoms with van der Waals surface area (Å²) in [6.45, 7) is 1.54. The maximum Gasteiger partial charge on any atom is 0.286 e. The summed E-state index contributed by atoms with van der Waals surface area (Å²) < 4.78 is 36.4. The van der Waals surface area contributed by atoms with Crippen LogP contribution in [0.5, 0.6) is 11.5 Å². The van der Waals surface area contributed by atoms with Gasteiger partial charge in [-0.15, -0.1) is 0 Å². The lowest BCUT2D eigenvalue weighted by Crippen LogP contribution is -2.27. The van der Waals surface area contributed by atoms with E-state index in [1.54, 1.807) is 0 Å². The number of nitrogens with zero attached hydrogens (tertiary/aromatic N) is 1. The third-order valence-electron chi connectivity index (χ3n) is 3.73. The molecule has 2 aromatic carbocycles. The highest BCUT2D eigenvalue weighted by Gasteiger charge is 2.25. The Morgan fingerprint density at radius 1 is 1.12 bits per heavy atom. The molecule has 2 rings (SSSR count). The molecule has 1 N–H and O–H groups in total. The Labute approximate surface area is 147 Å². The quantitative estimate of drug-likeness (QED) is 0.625. The maximum absolute atomic E-state index is 13.3. The molecule has 2 aromatic rings. The number of ether oxygens (including phenoxy) is 2. The summed E-state index contributed by atoms with van der Waals surface area (Å²) in [4.78, 5) is 23.0. The van der Waals surface area contributed by atoms with Gasteiger partial charge in [-0.05, 0) is 24.6 Å². The number of amides is 1. The van der Waals surface area contributed by atoms with Crippen molar-refractivity contribution in [3.8, 4) is 11.5 Å². The second kappa shape index (κ2) is 7.77. The molecule has 0 aliphatic carbocycles. The summed E-state index contributed by atoms with van der Waals surface area (Å²) in [6, 6.07) is 4.74. The first-order chi connectivity index (χ1) is 12.3. The molecule has 0 aliphatic rings. The second-order valence-corrected chi connectivity index (χ2v) is 5.35. The van der Waals surface area contributed by atoms with E-state index in [2.05, 4.69) is 5.32 Å². The van der Waals surface area contributed by atoms with Crippen molar-refractivity contribution in [2.24, 2.45) is 0 Å². The topological polar surface area (TPSA) is 90.7 Å². The number of hydrogen-bond acceptors (Lipinski definition) is 5. The average Bonchev–Trinajstić information content (AvgIpc) is 2.62. The van der Waals surface area contributed by atoms with Crippen molar-refractivity contribution in [1.82, 2.24) is 5.32 Å². The van der Waals surface area contributed by atoms with Crippen molar-refractivity contribution in [3.05, 3.63) is 63.2 Å². The SMILES string of the molecule is COc1cc(C(=O)NC(C)c2ccc(F)c(F)c2)c([N+](=O)[O-])cc1OC. The van der Waals surface area contributed by atoms with Crippen molar-refractivity contribution >= 4 is 11.6 Å². The predicted molar refractivity (Wildman–Crippen MR) is 88.4 cm³/mol.